The maximum absolute atomic E-state index is 12.3. The van der Waals surface area contributed by atoms with Crippen molar-refractivity contribution in [2.45, 2.75) is 32.9 Å². The van der Waals surface area contributed by atoms with Gasteiger partial charge in [-0.3, -0.25) is 0 Å². The van der Waals surface area contributed by atoms with Gasteiger partial charge in [0.15, 0.2) is 0 Å². The van der Waals surface area contributed by atoms with E-state index in [1.165, 1.54) is 6.92 Å². The minimum Gasteiger partial charge on any atom is -0.351 e. The van der Waals surface area contributed by atoms with Crippen molar-refractivity contribution in [2.24, 2.45) is 0 Å². The Balaban J connectivity index is 3.23. The molecule has 0 saturated heterocycles. The van der Waals surface area contributed by atoms with Gasteiger partial charge in [-0.25, -0.2) is 0 Å². The Hall–Kier alpha value is -1.00. The molecule has 1 rings (SSSR count). The molecule has 0 aliphatic carbocycles. The molecule has 0 spiro atoms. The van der Waals surface area contributed by atoms with Gasteiger partial charge in [-0.2, -0.15) is 13.2 Å². The number of nitrogens with zero attached hydrogens (tertiary/aromatic N) is 1. The molecule has 2 nitrogen and oxygen atoms in total. The van der Waals surface area contributed by atoms with Gasteiger partial charge < -0.3 is 4.52 Å². The average Bonchev–Trinajstić information content (AvgIpc) is 2.28. The highest BCUT2D eigenvalue weighted by atomic mass is 19.4. The number of hydrogen-bond acceptors (Lipinski definition) is 2. The number of aryl methyl sites for hydroxylation is 1. The molecule has 0 aliphatic rings. The Labute approximate surface area is 73.7 Å². The van der Waals surface area contributed by atoms with Gasteiger partial charge in [-0.05, 0) is 12.8 Å². The van der Waals surface area contributed by atoms with Gasteiger partial charge in [0.25, 0.3) is 0 Å². The molecule has 0 saturated carbocycles. The highest BCUT2D eigenvalue weighted by Crippen LogP contribution is 2.36. The third kappa shape index (κ3) is 1.84. The number of halogens is 3. The Bertz CT molecular complexity index is 301. The standard InChI is InChI=1S/C8H10F3NO/c1-4(2)6-5(3)12-13-7(6)8(9,10)11/h4H,1-3H3. The van der Waals surface area contributed by atoms with Crippen LogP contribution >= 0.6 is 0 Å². The first-order valence-electron chi connectivity index (χ1n) is 3.87. The van der Waals surface area contributed by atoms with Crippen LogP contribution in [0.5, 0.6) is 0 Å². The second-order valence-electron chi connectivity index (χ2n) is 3.16. The molecule has 0 aromatic carbocycles. The van der Waals surface area contributed by atoms with Gasteiger partial charge in [0.1, 0.15) is 0 Å². The predicted octanol–water partition coefficient (Wildman–Crippen LogP) is 3.13. The summed E-state index contributed by atoms with van der Waals surface area (Å²) in [6.45, 7) is 4.86. The van der Waals surface area contributed by atoms with Gasteiger partial charge in [0, 0.05) is 5.56 Å². The lowest BCUT2D eigenvalue weighted by Gasteiger charge is -2.07. The van der Waals surface area contributed by atoms with E-state index in [1.54, 1.807) is 13.8 Å². The van der Waals surface area contributed by atoms with Crippen LogP contribution in [0.25, 0.3) is 0 Å². The summed E-state index contributed by atoms with van der Waals surface area (Å²) < 4.78 is 41.1. The second-order valence-corrected chi connectivity index (χ2v) is 3.16. The van der Waals surface area contributed by atoms with Crippen molar-refractivity contribution in [3.05, 3.63) is 17.0 Å². The quantitative estimate of drug-likeness (QED) is 0.684. The maximum atomic E-state index is 12.3. The molecule has 74 valence electrons. The van der Waals surface area contributed by atoms with Crippen molar-refractivity contribution < 1.29 is 17.7 Å². The van der Waals surface area contributed by atoms with Crippen LogP contribution in [-0.4, -0.2) is 5.16 Å². The van der Waals surface area contributed by atoms with Gasteiger partial charge in [-0.15, -0.1) is 0 Å². The zero-order valence-corrected chi connectivity index (χ0v) is 7.57. The lowest BCUT2D eigenvalue weighted by molar-refractivity contribution is -0.156. The van der Waals surface area contributed by atoms with E-state index in [-0.39, 0.29) is 11.5 Å². The fraction of sp³-hybridized carbons (Fsp3) is 0.625. The summed E-state index contributed by atoms with van der Waals surface area (Å²) in [6, 6.07) is 0. The molecule has 0 aliphatic heterocycles. The second kappa shape index (κ2) is 3.05. The summed E-state index contributed by atoms with van der Waals surface area (Å²) in [5, 5.41) is 3.31. The Kier molecular flexibility index (Phi) is 2.36. The summed E-state index contributed by atoms with van der Waals surface area (Å²) in [5.74, 6) is -1.21. The first kappa shape index (κ1) is 10.1. The van der Waals surface area contributed by atoms with E-state index in [0.29, 0.717) is 5.69 Å². The van der Waals surface area contributed by atoms with Crippen LogP contribution in [0.1, 0.15) is 36.8 Å². The van der Waals surface area contributed by atoms with Crippen molar-refractivity contribution in [3.63, 3.8) is 0 Å². The Morgan fingerprint density at radius 1 is 1.31 bits per heavy atom. The van der Waals surface area contributed by atoms with Crippen molar-refractivity contribution in [1.82, 2.24) is 5.16 Å². The zero-order valence-electron chi connectivity index (χ0n) is 7.57. The molecule has 13 heavy (non-hydrogen) atoms. The molecule has 0 atom stereocenters. The number of hydrogen-bond donors (Lipinski definition) is 0. The fourth-order valence-electron chi connectivity index (χ4n) is 1.26. The minimum absolute atomic E-state index is 0.146. The SMILES string of the molecule is Cc1noc(C(F)(F)F)c1C(C)C. The highest BCUT2D eigenvalue weighted by molar-refractivity contribution is 5.27. The molecular weight excluding hydrogens is 183 g/mol. The van der Waals surface area contributed by atoms with Crippen LogP contribution in [0.15, 0.2) is 4.52 Å². The van der Waals surface area contributed by atoms with E-state index in [2.05, 4.69) is 9.68 Å². The average molecular weight is 193 g/mol. The summed E-state index contributed by atoms with van der Waals surface area (Å²) in [5.41, 5.74) is 0.454. The summed E-state index contributed by atoms with van der Waals surface area (Å²) in [7, 11) is 0. The van der Waals surface area contributed by atoms with Gasteiger partial charge >= 0.3 is 6.18 Å². The van der Waals surface area contributed by atoms with E-state index >= 15 is 0 Å². The monoisotopic (exact) mass is 193 g/mol. The molecular formula is C8H10F3NO. The summed E-state index contributed by atoms with van der Waals surface area (Å²) in [4.78, 5) is 0. The van der Waals surface area contributed by atoms with E-state index in [4.69, 9.17) is 0 Å². The van der Waals surface area contributed by atoms with Crippen molar-refractivity contribution in [3.8, 4) is 0 Å². The first-order chi connectivity index (χ1) is 5.84. The lowest BCUT2D eigenvalue weighted by Crippen LogP contribution is -2.08. The molecule has 0 amide bonds. The smallest absolute Gasteiger partial charge is 0.351 e. The van der Waals surface area contributed by atoms with Gasteiger partial charge in [-0.1, -0.05) is 19.0 Å². The summed E-state index contributed by atoms with van der Waals surface area (Å²) in [6.07, 6.45) is -4.44. The van der Waals surface area contributed by atoms with Crippen LogP contribution in [0.3, 0.4) is 0 Å². The van der Waals surface area contributed by atoms with Crippen molar-refractivity contribution in [2.75, 3.05) is 0 Å². The fourth-order valence-corrected chi connectivity index (χ4v) is 1.26. The van der Waals surface area contributed by atoms with Crippen LogP contribution in [0.4, 0.5) is 13.2 Å². The Morgan fingerprint density at radius 3 is 2.15 bits per heavy atom. The van der Waals surface area contributed by atoms with Gasteiger partial charge in [0.2, 0.25) is 5.76 Å². The van der Waals surface area contributed by atoms with Crippen LogP contribution in [-0.2, 0) is 6.18 Å². The number of alkyl halides is 3. The number of aromatic nitrogens is 1. The van der Waals surface area contributed by atoms with Crippen molar-refractivity contribution in [1.29, 1.82) is 0 Å². The molecule has 0 fully saturated rings. The van der Waals surface area contributed by atoms with E-state index in [9.17, 15) is 13.2 Å². The summed E-state index contributed by atoms with van der Waals surface area (Å²) >= 11 is 0. The van der Waals surface area contributed by atoms with Crippen LogP contribution in [0, 0.1) is 6.92 Å². The van der Waals surface area contributed by atoms with Crippen LogP contribution in [0.2, 0.25) is 0 Å². The highest BCUT2D eigenvalue weighted by Gasteiger charge is 2.40. The largest absolute Gasteiger partial charge is 0.452 e. The lowest BCUT2D eigenvalue weighted by atomic mass is 10.0. The molecule has 0 unspecified atom stereocenters. The van der Waals surface area contributed by atoms with Crippen molar-refractivity contribution >= 4 is 0 Å². The third-order valence-corrected chi connectivity index (χ3v) is 1.74. The molecule has 1 aromatic heterocycles. The molecule has 1 heterocycles. The molecule has 0 radical (unpaired) electrons. The minimum atomic E-state index is -4.44. The number of rotatable bonds is 1. The zero-order chi connectivity index (χ0) is 10.2. The van der Waals surface area contributed by atoms with E-state index < -0.39 is 11.9 Å². The molecule has 1 aromatic rings. The molecule has 0 N–H and O–H groups in total. The maximum Gasteiger partial charge on any atom is 0.452 e. The first-order valence-corrected chi connectivity index (χ1v) is 3.87. The molecule has 5 heteroatoms. The molecule has 0 bridgehead atoms. The van der Waals surface area contributed by atoms with Crippen LogP contribution < -0.4 is 0 Å². The van der Waals surface area contributed by atoms with E-state index in [0.717, 1.165) is 0 Å². The Morgan fingerprint density at radius 2 is 1.85 bits per heavy atom. The third-order valence-electron chi connectivity index (χ3n) is 1.74. The predicted molar refractivity (Wildman–Crippen MR) is 40.3 cm³/mol. The topological polar surface area (TPSA) is 26.0 Å². The van der Waals surface area contributed by atoms with E-state index in [1.807, 2.05) is 0 Å². The normalized spacial score (nSPS) is 12.5. The van der Waals surface area contributed by atoms with Gasteiger partial charge in [0.05, 0.1) is 5.69 Å².